The highest BCUT2D eigenvalue weighted by Gasteiger charge is 2.34. The zero-order valence-corrected chi connectivity index (χ0v) is 11.2. The van der Waals surface area contributed by atoms with E-state index in [0.29, 0.717) is 24.8 Å². The summed E-state index contributed by atoms with van der Waals surface area (Å²) in [7, 11) is 0. The number of amides is 1. The summed E-state index contributed by atoms with van der Waals surface area (Å²) < 4.78 is 5.43. The van der Waals surface area contributed by atoms with E-state index in [4.69, 9.17) is 10.2 Å². The average Bonchev–Trinajstić information content (AvgIpc) is 2.98. The molecule has 4 nitrogen and oxygen atoms in total. The molecule has 0 spiro atoms. The molecule has 1 aromatic rings. The normalized spacial score (nSPS) is 23.3. The van der Waals surface area contributed by atoms with Crippen LogP contribution in [-0.4, -0.2) is 29.9 Å². The van der Waals surface area contributed by atoms with Gasteiger partial charge in [0, 0.05) is 12.6 Å². The van der Waals surface area contributed by atoms with Crippen molar-refractivity contribution in [3.05, 3.63) is 23.7 Å². The molecule has 2 atom stereocenters. The zero-order chi connectivity index (χ0) is 13.1. The summed E-state index contributed by atoms with van der Waals surface area (Å²) in [5, 5.41) is 0. The van der Waals surface area contributed by atoms with Crippen LogP contribution in [0.3, 0.4) is 0 Å². The summed E-state index contributed by atoms with van der Waals surface area (Å²) >= 11 is 0. The van der Waals surface area contributed by atoms with Gasteiger partial charge in [-0.1, -0.05) is 6.42 Å². The van der Waals surface area contributed by atoms with Crippen molar-refractivity contribution in [1.82, 2.24) is 4.90 Å². The average molecular weight is 250 g/mol. The number of carbonyl (C=O) groups is 1. The Bertz CT molecular complexity index is 414. The Morgan fingerprint density at radius 2 is 2.28 bits per heavy atom. The molecule has 1 fully saturated rings. The minimum absolute atomic E-state index is 0.00375. The van der Waals surface area contributed by atoms with Crippen LogP contribution in [0, 0.1) is 12.8 Å². The predicted octanol–water partition coefficient (Wildman–Crippen LogP) is 2.18. The second kappa shape index (κ2) is 5.57. The summed E-state index contributed by atoms with van der Waals surface area (Å²) in [6, 6.07) is 3.86. The van der Waals surface area contributed by atoms with Gasteiger partial charge in [-0.05, 0) is 51.3 Å². The maximum Gasteiger partial charge on any atom is 0.289 e. The number of aryl methyl sites for hydroxylation is 1. The quantitative estimate of drug-likeness (QED) is 0.891. The van der Waals surface area contributed by atoms with Crippen molar-refractivity contribution in [2.75, 3.05) is 13.1 Å². The molecule has 1 saturated carbocycles. The lowest BCUT2D eigenvalue weighted by molar-refractivity contribution is 0.0618. The Hall–Kier alpha value is -1.29. The third-order valence-electron chi connectivity index (χ3n) is 3.87. The highest BCUT2D eigenvalue weighted by Crippen LogP contribution is 2.30. The maximum atomic E-state index is 12.4. The van der Waals surface area contributed by atoms with Gasteiger partial charge in [-0.25, -0.2) is 0 Å². The molecular formula is C14H22N2O2. The lowest BCUT2D eigenvalue weighted by Gasteiger charge is -2.31. The molecule has 0 aromatic carbocycles. The van der Waals surface area contributed by atoms with Gasteiger partial charge in [-0.2, -0.15) is 0 Å². The van der Waals surface area contributed by atoms with E-state index in [2.05, 4.69) is 0 Å². The summed E-state index contributed by atoms with van der Waals surface area (Å²) in [5.74, 6) is 1.65. The number of hydrogen-bond donors (Lipinski definition) is 1. The number of carbonyl (C=O) groups excluding carboxylic acids is 1. The first-order valence-corrected chi connectivity index (χ1v) is 6.74. The van der Waals surface area contributed by atoms with Crippen molar-refractivity contribution >= 4 is 5.91 Å². The fraction of sp³-hybridized carbons (Fsp3) is 0.643. The fourth-order valence-corrected chi connectivity index (χ4v) is 2.92. The molecule has 0 radical (unpaired) electrons. The molecule has 1 heterocycles. The largest absolute Gasteiger partial charge is 0.456 e. The van der Waals surface area contributed by atoms with E-state index in [0.717, 1.165) is 25.0 Å². The molecule has 4 heteroatoms. The lowest BCUT2D eigenvalue weighted by Crippen LogP contribution is -2.44. The molecule has 18 heavy (non-hydrogen) atoms. The fourth-order valence-electron chi connectivity index (χ4n) is 2.92. The molecule has 0 aliphatic heterocycles. The van der Waals surface area contributed by atoms with Gasteiger partial charge in [0.25, 0.3) is 5.91 Å². The summed E-state index contributed by atoms with van der Waals surface area (Å²) in [6.45, 7) is 5.23. The Balaban J connectivity index is 2.15. The van der Waals surface area contributed by atoms with Gasteiger partial charge in [-0.3, -0.25) is 4.79 Å². The molecule has 0 saturated heterocycles. The number of hydrogen-bond acceptors (Lipinski definition) is 3. The smallest absolute Gasteiger partial charge is 0.289 e. The van der Waals surface area contributed by atoms with Crippen LogP contribution in [0.1, 0.15) is 42.5 Å². The molecule has 1 aliphatic carbocycles. The second-order valence-electron chi connectivity index (χ2n) is 5.00. The van der Waals surface area contributed by atoms with Gasteiger partial charge in [0.15, 0.2) is 5.76 Å². The number of nitrogens with two attached hydrogens (primary N) is 1. The Morgan fingerprint density at radius 3 is 2.83 bits per heavy atom. The Morgan fingerprint density at radius 1 is 1.50 bits per heavy atom. The van der Waals surface area contributed by atoms with E-state index < -0.39 is 0 Å². The van der Waals surface area contributed by atoms with E-state index >= 15 is 0 Å². The topological polar surface area (TPSA) is 59.5 Å². The molecule has 1 amide bonds. The van der Waals surface area contributed by atoms with Gasteiger partial charge < -0.3 is 15.1 Å². The standard InChI is InChI=1S/C14H22N2O2/c1-3-16(12-6-4-5-11(12)9-15)14(17)13-8-7-10(2)18-13/h7-8,11-12H,3-6,9,15H2,1-2H3. The van der Waals surface area contributed by atoms with Gasteiger partial charge in [0.2, 0.25) is 0 Å². The molecule has 2 unspecified atom stereocenters. The second-order valence-corrected chi connectivity index (χ2v) is 5.00. The monoisotopic (exact) mass is 250 g/mol. The Kier molecular flexibility index (Phi) is 4.07. The van der Waals surface area contributed by atoms with Gasteiger partial charge in [0.05, 0.1) is 0 Å². The SMILES string of the molecule is CCN(C(=O)c1ccc(C)o1)C1CCCC1CN. The number of rotatable bonds is 4. The molecule has 0 bridgehead atoms. The van der Waals surface area contributed by atoms with Gasteiger partial charge in [0.1, 0.15) is 5.76 Å². The maximum absolute atomic E-state index is 12.4. The van der Waals surface area contributed by atoms with Crippen LogP contribution in [0.4, 0.5) is 0 Å². The van der Waals surface area contributed by atoms with E-state index in [1.54, 1.807) is 6.07 Å². The van der Waals surface area contributed by atoms with E-state index in [-0.39, 0.29) is 11.9 Å². The van der Waals surface area contributed by atoms with E-state index in [1.165, 1.54) is 0 Å². The van der Waals surface area contributed by atoms with Crippen LogP contribution in [0.5, 0.6) is 0 Å². The van der Waals surface area contributed by atoms with Crippen LogP contribution in [0.25, 0.3) is 0 Å². The van der Waals surface area contributed by atoms with Crippen LogP contribution in [0.2, 0.25) is 0 Å². The predicted molar refractivity (Wildman–Crippen MR) is 70.3 cm³/mol. The minimum atomic E-state index is -0.00375. The minimum Gasteiger partial charge on any atom is -0.456 e. The first-order valence-electron chi connectivity index (χ1n) is 6.74. The van der Waals surface area contributed by atoms with Gasteiger partial charge in [-0.15, -0.1) is 0 Å². The molecule has 1 aliphatic rings. The summed E-state index contributed by atoms with van der Waals surface area (Å²) in [5.41, 5.74) is 5.80. The van der Waals surface area contributed by atoms with Crippen LogP contribution in [0.15, 0.2) is 16.5 Å². The highest BCUT2D eigenvalue weighted by atomic mass is 16.3. The van der Waals surface area contributed by atoms with Crippen LogP contribution < -0.4 is 5.73 Å². The van der Waals surface area contributed by atoms with Crippen molar-refractivity contribution in [2.45, 2.75) is 39.2 Å². The molecular weight excluding hydrogens is 228 g/mol. The highest BCUT2D eigenvalue weighted by molar-refractivity contribution is 5.91. The zero-order valence-electron chi connectivity index (χ0n) is 11.2. The van der Waals surface area contributed by atoms with Crippen molar-refractivity contribution < 1.29 is 9.21 Å². The van der Waals surface area contributed by atoms with Crippen molar-refractivity contribution in [2.24, 2.45) is 11.7 Å². The summed E-state index contributed by atoms with van der Waals surface area (Å²) in [4.78, 5) is 14.3. The van der Waals surface area contributed by atoms with Crippen molar-refractivity contribution in [1.29, 1.82) is 0 Å². The van der Waals surface area contributed by atoms with Gasteiger partial charge >= 0.3 is 0 Å². The van der Waals surface area contributed by atoms with E-state index in [9.17, 15) is 4.79 Å². The van der Waals surface area contributed by atoms with Crippen LogP contribution in [-0.2, 0) is 0 Å². The molecule has 2 N–H and O–H groups in total. The first kappa shape index (κ1) is 13.1. The van der Waals surface area contributed by atoms with Crippen LogP contribution >= 0.6 is 0 Å². The summed E-state index contributed by atoms with van der Waals surface area (Å²) in [6.07, 6.45) is 3.34. The first-order chi connectivity index (χ1) is 8.67. The van der Waals surface area contributed by atoms with E-state index in [1.807, 2.05) is 24.8 Å². The molecule has 1 aromatic heterocycles. The van der Waals surface area contributed by atoms with Crippen molar-refractivity contribution in [3.8, 4) is 0 Å². The molecule has 2 rings (SSSR count). The Labute approximate surface area is 108 Å². The lowest BCUT2D eigenvalue weighted by atomic mass is 10.0. The third kappa shape index (κ3) is 2.43. The number of nitrogens with zero attached hydrogens (tertiary/aromatic N) is 1. The van der Waals surface area contributed by atoms with Crippen molar-refractivity contribution in [3.63, 3.8) is 0 Å². The third-order valence-corrected chi connectivity index (χ3v) is 3.87. The molecule has 100 valence electrons. The number of furan rings is 1.